The van der Waals surface area contributed by atoms with E-state index in [1.807, 2.05) is 0 Å². The van der Waals surface area contributed by atoms with Crippen LogP contribution in [0.3, 0.4) is 0 Å². The summed E-state index contributed by atoms with van der Waals surface area (Å²) in [4.78, 5) is 13.1. The molecule has 1 amide bonds. The Hall–Kier alpha value is -1.40. The van der Waals surface area contributed by atoms with Gasteiger partial charge in [0.15, 0.2) is 0 Å². The van der Waals surface area contributed by atoms with Gasteiger partial charge in [-0.2, -0.15) is 0 Å². The van der Waals surface area contributed by atoms with E-state index in [2.05, 4.69) is 10.0 Å². The number of rotatable bonds is 6. The molecule has 1 aromatic carbocycles. The van der Waals surface area contributed by atoms with Crippen LogP contribution in [0.15, 0.2) is 35.2 Å². The second-order valence-electron chi connectivity index (χ2n) is 8.16. The largest absolute Gasteiger partial charge is 0.354 e. The van der Waals surface area contributed by atoms with Crippen molar-refractivity contribution >= 4 is 15.9 Å². The van der Waals surface area contributed by atoms with Crippen LogP contribution in [0.5, 0.6) is 0 Å². The van der Waals surface area contributed by atoms with Gasteiger partial charge >= 0.3 is 0 Å². The Kier molecular flexibility index (Phi) is 4.36. The summed E-state index contributed by atoms with van der Waals surface area (Å²) in [5, 5.41) is 3.00. The summed E-state index contributed by atoms with van der Waals surface area (Å²) in [5.74, 6) is 2.33. The third-order valence-corrected chi connectivity index (χ3v) is 7.75. The maximum Gasteiger partial charge on any atom is 0.240 e. The van der Waals surface area contributed by atoms with Gasteiger partial charge in [0.2, 0.25) is 15.9 Å². The van der Waals surface area contributed by atoms with Crippen molar-refractivity contribution in [3.63, 3.8) is 0 Å². The summed E-state index contributed by atoms with van der Waals surface area (Å²) >= 11 is 0. The van der Waals surface area contributed by atoms with Crippen LogP contribution in [0.2, 0.25) is 0 Å². The predicted molar refractivity (Wildman–Crippen MR) is 95.2 cm³/mol. The Morgan fingerprint density at radius 1 is 0.960 bits per heavy atom. The molecular formula is C19H26N2O3S. The molecule has 0 unspecified atom stereocenters. The summed E-state index contributed by atoms with van der Waals surface area (Å²) in [6.45, 7) is 0.558. The highest BCUT2D eigenvalue weighted by Crippen LogP contribution is 2.60. The van der Waals surface area contributed by atoms with Crippen LogP contribution in [-0.4, -0.2) is 27.4 Å². The number of benzene rings is 1. The molecule has 0 aromatic heterocycles. The number of nitrogens with one attached hydrogen (secondary N) is 2. The molecule has 136 valence electrons. The Labute approximate surface area is 149 Å². The number of hydrogen-bond donors (Lipinski definition) is 2. The van der Waals surface area contributed by atoms with Gasteiger partial charge in [-0.05, 0) is 68.4 Å². The summed E-state index contributed by atoms with van der Waals surface area (Å²) < 4.78 is 26.9. The van der Waals surface area contributed by atoms with Crippen molar-refractivity contribution in [3.05, 3.63) is 30.3 Å². The predicted octanol–water partition coefficient (Wildman–Crippen LogP) is 2.30. The van der Waals surface area contributed by atoms with E-state index < -0.39 is 10.0 Å². The molecule has 0 saturated heterocycles. The van der Waals surface area contributed by atoms with Gasteiger partial charge in [0.05, 0.1) is 4.90 Å². The molecule has 5 nitrogen and oxygen atoms in total. The zero-order valence-corrected chi connectivity index (χ0v) is 15.2. The summed E-state index contributed by atoms with van der Waals surface area (Å²) in [7, 11) is -3.50. The SMILES string of the molecule is O=C(NCCNS(=O)(=O)c1ccccc1)C12CC3CC(CC(C3)C1)C2. The van der Waals surface area contributed by atoms with E-state index in [0.29, 0.717) is 6.54 Å². The van der Waals surface area contributed by atoms with Crippen molar-refractivity contribution in [2.45, 2.75) is 43.4 Å². The average Bonchev–Trinajstić information content (AvgIpc) is 2.58. The minimum Gasteiger partial charge on any atom is -0.354 e. The number of hydrogen-bond acceptors (Lipinski definition) is 3. The second-order valence-corrected chi connectivity index (χ2v) is 9.93. The van der Waals surface area contributed by atoms with E-state index in [-0.39, 0.29) is 22.8 Å². The molecule has 4 aliphatic carbocycles. The first-order valence-electron chi connectivity index (χ1n) is 9.30. The molecule has 0 aliphatic heterocycles. The highest BCUT2D eigenvalue weighted by Gasteiger charge is 2.54. The Morgan fingerprint density at radius 2 is 1.52 bits per heavy atom. The minimum atomic E-state index is -3.50. The molecule has 0 heterocycles. The molecule has 6 heteroatoms. The summed E-state index contributed by atoms with van der Waals surface area (Å²) in [6, 6.07) is 8.31. The molecule has 0 radical (unpaired) electrons. The van der Waals surface area contributed by atoms with Crippen LogP contribution in [0.1, 0.15) is 38.5 Å². The van der Waals surface area contributed by atoms with E-state index in [9.17, 15) is 13.2 Å². The van der Waals surface area contributed by atoms with Gasteiger partial charge in [-0.15, -0.1) is 0 Å². The first-order valence-corrected chi connectivity index (χ1v) is 10.8. The van der Waals surface area contributed by atoms with Crippen molar-refractivity contribution < 1.29 is 13.2 Å². The van der Waals surface area contributed by atoms with Crippen molar-refractivity contribution in [3.8, 4) is 0 Å². The van der Waals surface area contributed by atoms with Crippen molar-refractivity contribution in [1.82, 2.24) is 10.0 Å². The molecule has 4 fully saturated rings. The Morgan fingerprint density at radius 3 is 2.08 bits per heavy atom. The van der Waals surface area contributed by atoms with Gasteiger partial charge in [-0.25, -0.2) is 13.1 Å². The van der Waals surface area contributed by atoms with Crippen LogP contribution in [-0.2, 0) is 14.8 Å². The van der Waals surface area contributed by atoms with E-state index in [1.165, 1.54) is 19.3 Å². The lowest BCUT2D eigenvalue weighted by atomic mass is 9.49. The van der Waals surface area contributed by atoms with Gasteiger partial charge in [-0.3, -0.25) is 4.79 Å². The highest BCUT2D eigenvalue weighted by molar-refractivity contribution is 7.89. The number of sulfonamides is 1. The molecule has 0 atom stereocenters. The zero-order chi connectivity index (χ0) is 17.5. The van der Waals surface area contributed by atoms with E-state index >= 15 is 0 Å². The van der Waals surface area contributed by atoms with Gasteiger partial charge in [-0.1, -0.05) is 18.2 Å². The maximum atomic E-state index is 12.8. The van der Waals surface area contributed by atoms with Crippen molar-refractivity contribution in [2.75, 3.05) is 13.1 Å². The van der Waals surface area contributed by atoms with Crippen LogP contribution < -0.4 is 10.0 Å². The highest BCUT2D eigenvalue weighted by atomic mass is 32.2. The average molecular weight is 362 g/mol. The molecule has 2 N–H and O–H groups in total. The lowest BCUT2D eigenvalue weighted by molar-refractivity contribution is -0.146. The Bertz CT molecular complexity index is 710. The van der Waals surface area contributed by atoms with Gasteiger partial charge in [0.25, 0.3) is 0 Å². The molecular weight excluding hydrogens is 336 g/mol. The number of carbonyl (C=O) groups excluding carboxylic acids is 1. The third-order valence-electron chi connectivity index (χ3n) is 6.28. The van der Waals surface area contributed by atoms with Gasteiger partial charge in [0.1, 0.15) is 0 Å². The van der Waals surface area contributed by atoms with E-state index in [4.69, 9.17) is 0 Å². The maximum absolute atomic E-state index is 12.8. The lowest BCUT2D eigenvalue weighted by Crippen LogP contribution is -2.54. The third kappa shape index (κ3) is 3.34. The van der Waals surface area contributed by atoms with E-state index in [0.717, 1.165) is 37.0 Å². The van der Waals surface area contributed by atoms with Crippen LogP contribution in [0.4, 0.5) is 0 Å². The standard InChI is InChI=1S/C19H26N2O3S/c22-18(19-11-14-8-15(12-19)10-16(9-14)13-19)20-6-7-21-25(23,24)17-4-2-1-3-5-17/h1-5,14-16,21H,6-13H2,(H,20,22). The molecule has 4 saturated carbocycles. The molecule has 25 heavy (non-hydrogen) atoms. The Balaban J connectivity index is 1.30. The smallest absolute Gasteiger partial charge is 0.240 e. The second kappa shape index (κ2) is 6.40. The molecule has 5 rings (SSSR count). The molecule has 1 aromatic rings. The molecule has 4 aliphatic rings. The topological polar surface area (TPSA) is 75.3 Å². The fourth-order valence-electron chi connectivity index (χ4n) is 5.62. The first-order chi connectivity index (χ1) is 12.0. The summed E-state index contributed by atoms with van der Waals surface area (Å²) in [6.07, 6.45) is 7.01. The van der Waals surface area contributed by atoms with E-state index in [1.54, 1.807) is 30.3 Å². The minimum absolute atomic E-state index is 0.144. The van der Waals surface area contributed by atoms with Crippen LogP contribution in [0.25, 0.3) is 0 Å². The van der Waals surface area contributed by atoms with Gasteiger partial charge < -0.3 is 5.32 Å². The van der Waals surface area contributed by atoms with Crippen LogP contribution in [0, 0.1) is 23.2 Å². The normalized spacial score (nSPS) is 33.4. The fraction of sp³-hybridized carbons (Fsp3) is 0.632. The van der Waals surface area contributed by atoms with Gasteiger partial charge in [0, 0.05) is 18.5 Å². The first kappa shape index (κ1) is 17.0. The van der Waals surface area contributed by atoms with Crippen LogP contribution >= 0.6 is 0 Å². The van der Waals surface area contributed by atoms with Crippen molar-refractivity contribution in [1.29, 1.82) is 0 Å². The number of amides is 1. The number of carbonyl (C=O) groups is 1. The quantitative estimate of drug-likeness (QED) is 0.763. The lowest BCUT2D eigenvalue weighted by Gasteiger charge is -2.55. The molecule has 0 spiro atoms. The van der Waals surface area contributed by atoms with Crippen molar-refractivity contribution in [2.24, 2.45) is 23.2 Å². The fourth-order valence-corrected chi connectivity index (χ4v) is 6.67. The zero-order valence-electron chi connectivity index (χ0n) is 14.4. The molecule has 4 bridgehead atoms. The summed E-state index contributed by atoms with van der Waals surface area (Å²) in [5.41, 5.74) is -0.174. The monoisotopic (exact) mass is 362 g/mol.